The highest BCUT2D eigenvalue weighted by atomic mass is 35.5. The number of ether oxygens (including phenoxy) is 2. The minimum absolute atomic E-state index is 0.0585. The van der Waals surface area contributed by atoms with Gasteiger partial charge < -0.3 is 14.0 Å². The monoisotopic (exact) mass is 275 g/mol. The molecule has 1 aromatic rings. The fourth-order valence-electron chi connectivity index (χ4n) is 1.61. The highest BCUT2D eigenvalue weighted by Crippen LogP contribution is 2.22. The Balaban J connectivity index is 2.44. The van der Waals surface area contributed by atoms with Crippen molar-refractivity contribution in [3.63, 3.8) is 0 Å². The summed E-state index contributed by atoms with van der Waals surface area (Å²) in [4.78, 5) is 0. The SMILES string of the molecule is COCCOCCCn1c(Cl)nnc1C(C)(C)C. The summed E-state index contributed by atoms with van der Waals surface area (Å²) in [6.45, 7) is 8.99. The summed E-state index contributed by atoms with van der Waals surface area (Å²) in [5.74, 6) is 0.907. The minimum atomic E-state index is -0.0585. The Kier molecular flexibility index (Phi) is 6.05. The normalized spacial score (nSPS) is 12.1. The van der Waals surface area contributed by atoms with E-state index < -0.39 is 0 Å². The summed E-state index contributed by atoms with van der Waals surface area (Å²) < 4.78 is 12.3. The van der Waals surface area contributed by atoms with Gasteiger partial charge in [0.15, 0.2) is 0 Å². The average molecular weight is 276 g/mol. The Bertz CT molecular complexity index is 361. The predicted octanol–water partition coefficient (Wildman–Crippen LogP) is 2.28. The van der Waals surface area contributed by atoms with Crippen LogP contribution < -0.4 is 0 Å². The maximum absolute atomic E-state index is 6.04. The zero-order chi connectivity index (χ0) is 13.6. The summed E-state index contributed by atoms with van der Waals surface area (Å²) in [5, 5.41) is 8.51. The van der Waals surface area contributed by atoms with Crippen LogP contribution in [0, 0.1) is 0 Å². The molecule has 1 aromatic heterocycles. The van der Waals surface area contributed by atoms with Gasteiger partial charge in [-0.15, -0.1) is 10.2 Å². The van der Waals surface area contributed by atoms with E-state index in [0.29, 0.717) is 25.1 Å². The largest absolute Gasteiger partial charge is 0.382 e. The van der Waals surface area contributed by atoms with Gasteiger partial charge in [-0.2, -0.15) is 0 Å². The lowest BCUT2D eigenvalue weighted by molar-refractivity contribution is 0.0679. The van der Waals surface area contributed by atoms with Crippen LogP contribution in [-0.4, -0.2) is 41.7 Å². The summed E-state index contributed by atoms with van der Waals surface area (Å²) >= 11 is 6.04. The van der Waals surface area contributed by atoms with Crippen molar-refractivity contribution in [3.05, 3.63) is 11.1 Å². The molecule has 0 bridgehead atoms. The molecule has 0 aliphatic heterocycles. The maximum atomic E-state index is 6.04. The van der Waals surface area contributed by atoms with E-state index in [-0.39, 0.29) is 5.41 Å². The van der Waals surface area contributed by atoms with Gasteiger partial charge in [0.1, 0.15) is 5.82 Å². The van der Waals surface area contributed by atoms with Crippen LogP contribution in [0.15, 0.2) is 0 Å². The van der Waals surface area contributed by atoms with Crippen LogP contribution in [0.2, 0.25) is 5.28 Å². The quantitative estimate of drug-likeness (QED) is 0.717. The van der Waals surface area contributed by atoms with Crippen molar-refractivity contribution in [1.29, 1.82) is 0 Å². The zero-order valence-electron chi connectivity index (χ0n) is 11.6. The van der Waals surface area contributed by atoms with E-state index in [0.717, 1.165) is 18.8 Å². The fourth-order valence-corrected chi connectivity index (χ4v) is 1.81. The Morgan fingerprint density at radius 3 is 2.50 bits per heavy atom. The summed E-state index contributed by atoms with van der Waals surface area (Å²) in [5.41, 5.74) is -0.0585. The zero-order valence-corrected chi connectivity index (χ0v) is 12.3. The van der Waals surface area contributed by atoms with Gasteiger partial charge in [0.05, 0.1) is 13.2 Å². The number of rotatable bonds is 7. The second-order valence-corrected chi connectivity index (χ2v) is 5.49. The number of hydrogen-bond donors (Lipinski definition) is 0. The number of halogens is 1. The number of nitrogens with zero attached hydrogens (tertiary/aromatic N) is 3. The molecule has 0 unspecified atom stereocenters. The van der Waals surface area contributed by atoms with E-state index in [1.54, 1.807) is 7.11 Å². The third kappa shape index (κ3) is 4.55. The van der Waals surface area contributed by atoms with Crippen molar-refractivity contribution in [3.8, 4) is 0 Å². The molecular formula is C12H22ClN3O2. The van der Waals surface area contributed by atoms with Crippen molar-refractivity contribution in [2.24, 2.45) is 0 Å². The van der Waals surface area contributed by atoms with Crippen molar-refractivity contribution >= 4 is 11.6 Å². The molecule has 0 aromatic carbocycles. The molecular weight excluding hydrogens is 254 g/mol. The smallest absolute Gasteiger partial charge is 0.225 e. The van der Waals surface area contributed by atoms with Crippen molar-refractivity contribution in [1.82, 2.24) is 14.8 Å². The second kappa shape index (κ2) is 7.07. The molecule has 104 valence electrons. The van der Waals surface area contributed by atoms with Crippen LogP contribution >= 0.6 is 11.6 Å². The van der Waals surface area contributed by atoms with E-state index in [2.05, 4.69) is 31.0 Å². The highest BCUT2D eigenvalue weighted by molar-refractivity contribution is 6.28. The lowest BCUT2D eigenvalue weighted by Crippen LogP contribution is -2.20. The molecule has 0 saturated heterocycles. The molecule has 1 heterocycles. The van der Waals surface area contributed by atoms with Crippen LogP contribution in [0.5, 0.6) is 0 Å². The van der Waals surface area contributed by atoms with Crippen LogP contribution in [0.3, 0.4) is 0 Å². The van der Waals surface area contributed by atoms with E-state index in [1.165, 1.54) is 0 Å². The molecule has 18 heavy (non-hydrogen) atoms. The Morgan fingerprint density at radius 2 is 1.89 bits per heavy atom. The van der Waals surface area contributed by atoms with Crippen molar-refractivity contribution in [2.45, 2.75) is 39.2 Å². The Labute approximate surface area is 113 Å². The lowest BCUT2D eigenvalue weighted by atomic mass is 9.96. The molecule has 0 spiro atoms. The van der Waals surface area contributed by atoms with Crippen LogP contribution in [0.1, 0.15) is 33.0 Å². The van der Waals surface area contributed by atoms with Gasteiger partial charge in [-0.05, 0) is 18.0 Å². The van der Waals surface area contributed by atoms with Crippen molar-refractivity contribution in [2.75, 3.05) is 26.9 Å². The van der Waals surface area contributed by atoms with Gasteiger partial charge in [-0.25, -0.2) is 0 Å². The molecule has 1 rings (SSSR count). The van der Waals surface area contributed by atoms with Gasteiger partial charge in [0.2, 0.25) is 5.28 Å². The molecule has 6 heteroatoms. The molecule has 0 saturated carbocycles. The van der Waals surface area contributed by atoms with E-state index in [9.17, 15) is 0 Å². The molecule has 0 atom stereocenters. The molecule has 5 nitrogen and oxygen atoms in total. The number of methoxy groups -OCH3 is 1. The highest BCUT2D eigenvalue weighted by Gasteiger charge is 2.22. The molecule has 0 fully saturated rings. The topological polar surface area (TPSA) is 49.2 Å². The lowest BCUT2D eigenvalue weighted by Gasteiger charge is -2.18. The van der Waals surface area contributed by atoms with Crippen LogP contribution in [0.25, 0.3) is 0 Å². The number of hydrogen-bond acceptors (Lipinski definition) is 4. The summed E-state index contributed by atoms with van der Waals surface area (Å²) in [7, 11) is 1.66. The van der Waals surface area contributed by atoms with E-state index in [4.69, 9.17) is 21.1 Å². The summed E-state index contributed by atoms with van der Waals surface area (Å²) in [6, 6.07) is 0. The third-order valence-electron chi connectivity index (χ3n) is 2.48. The minimum Gasteiger partial charge on any atom is -0.382 e. The van der Waals surface area contributed by atoms with Gasteiger partial charge in [-0.1, -0.05) is 20.8 Å². The van der Waals surface area contributed by atoms with Crippen LogP contribution in [-0.2, 0) is 21.4 Å². The van der Waals surface area contributed by atoms with Gasteiger partial charge in [-0.3, -0.25) is 0 Å². The number of aromatic nitrogens is 3. The predicted molar refractivity (Wildman–Crippen MR) is 71.0 cm³/mol. The van der Waals surface area contributed by atoms with Crippen LogP contribution in [0.4, 0.5) is 0 Å². The second-order valence-electron chi connectivity index (χ2n) is 5.15. The standard InChI is InChI=1S/C12H22ClN3O2/c1-12(2,3)10-14-15-11(13)16(10)6-5-7-18-9-8-17-4/h5-9H2,1-4H3. The molecule has 0 amide bonds. The Hall–Kier alpha value is -0.650. The van der Waals surface area contributed by atoms with E-state index >= 15 is 0 Å². The third-order valence-corrected chi connectivity index (χ3v) is 2.76. The average Bonchev–Trinajstić information content (AvgIpc) is 2.65. The first-order valence-corrected chi connectivity index (χ1v) is 6.50. The first-order valence-electron chi connectivity index (χ1n) is 6.12. The van der Waals surface area contributed by atoms with Gasteiger partial charge in [0, 0.05) is 25.7 Å². The molecule has 0 aliphatic rings. The van der Waals surface area contributed by atoms with Gasteiger partial charge >= 0.3 is 0 Å². The Morgan fingerprint density at radius 1 is 1.17 bits per heavy atom. The fraction of sp³-hybridized carbons (Fsp3) is 0.833. The van der Waals surface area contributed by atoms with Crippen molar-refractivity contribution < 1.29 is 9.47 Å². The van der Waals surface area contributed by atoms with Gasteiger partial charge in [0.25, 0.3) is 0 Å². The van der Waals surface area contributed by atoms with E-state index in [1.807, 2.05) is 4.57 Å². The molecule has 0 radical (unpaired) electrons. The maximum Gasteiger partial charge on any atom is 0.225 e. The first kappa shape index (κ1) is 15.4. The molecule has 0 N–H and O–H groups in total. The first-order chi connectivity index (χ1) is 8.46. The molecule has 0 aliphatic carbocycles. The summed E-state index contributed by atoms with van der Waals surface area (Å²) in [6.07, 6.45) is 0.880.